The fraction of sp³-hybridized carbons (Fsp3) is 0.233. The number of hydrogen-bond acceptors (Lipinski definition) is 6. The van der Waals surface area contributed by atoms with Crippen LogP contribution in [-0.2, 0) is 9.59 Å². The molecule has 5 rings (SSSR count). The predicted molar refractivity (Wildman–Crippen MR) is 141 cm³/mol. The lowest BCUT2D eigenvalue weighted by Crippen LogP contribution is -2.37. The summed E-state index contributed by atoms with van der Waals surface area (Å²) in [6.45, 7) is 1.87. The molecule has 2 atom stereocenters. The first-order chi connectivity index (χ1) is 18.0. The Morgan fingerprint density at radius 3 is 2.49 bits per heavy atom. The maximum atomic E-state index is 13.8. The Morgan fingerprint density at radius 2 is 1.78 bits per heavy atom. The smallest absolute Gasteiger partial charge is 0.255 e. The molecule has 0 saturated carbocycles. The molecule has 1 amide bonds. The first kappa shape index (κ1) is 24.3. The minimum atomic E-state index is -0.606. The number of nitrogens with one attached hydrogen (secondary N) is 2. The number of ketones is 1. The summed E-state index contributed by atoms with van der Waals surface area (Å²) >= 11 is 0. The zero-order valence-corrected chi connectivity index (χ0v) is 21.1. The molecule has 7 heteroatoms. The summed E-state index contributed by atoms with van der Waals surface area (Å²) in [6.07, 6.45) is 2.66. The van der Waals surface area contributed by atoms with E-state index in [1.165, 1.54) is 0 Å². The highest BCUT2D eigenvalue weighted by Gasteiger charge is 2.42. The lowest BCUT2D eigenvalue weighted by molar-refractivity contribution is -0.116. The summed E-state index contributed by atoms with van der Waals surface area (Å²) in [4.78, 5) is 31.8. The molecule has 1 aromatic heterocycles. The van der Waals surface area contributed by atoms with Crippen molar-refractivity contribution in [3.8, 4) is 11.5 Å². The van der Waals surface area contributed by atoms with Crippen LogP contribution in [0, 0.1) is 0 Å². The van der Waals surface area contributed by atoms with Crippen LogP contribution in [0.3, 0.4) is 0 Å². The molecule has 2 N–H and O–H groups in total. The van der Waals surface area contributed by atoms with E-state index in [0.717, 1.165) is 16.8 Å². The molecular formula is C30H29N3O4. The van der Waals surface area contributed by atoms with Gasteiger partial charge in [-0.3, -0.25) is 9.59 Å². The number of carbonyl (C=O) groups excluding carboxylic acids is 2. The number of methoxy groups -OCH3 is 2. The number of allylic oxidation sites excluding steroid dienone is 3. The molecule has 188 valence electrons. The number of aromatic nitrogens is 1. The molecule has 3 aromatic rings. The van der Waals surface area contributed by atoms with Crippen LogP contribution in [0.15, 0.2) is 95.5 Å². The minimum Gasteiger partial charge on any atom is -0.497 e. The highest BCUT2D eigenvalue weighted by molar-refractivity contribution is 6.09. The average Bonchev–Trinajstić information content (AvgIpc) is 2.92. The zero-order valence-electron chi connectivity index (χ0n) is 21.1. The van der Waals surface area contributed by atoms with Crippen molar-refractivity contribution >= 4 is 17.5 Å². The standard InChI is InChI=1S/C30H29N3O4/c1-18-27(30(35)33-26-11-7-8-14-31-26)28(22-13-12-21(36-2)17-25(22)37-3)29-23(32-18)15-20(16-24(29)34)19-9-5-4-6-10-19/h4-14,17,20,28,32H,15-16H2,1-3H3,(H,31,33,35)/t20-,28-/m0/s1. The second-order valence-corrected chi connectivity index (χ2v) is 9.20. The van der Waals surface area contributed by atoms with Crippen LogP contribution < -0.4 is 20.1 Å². The summed E-state index contributed by atoms with van der Waals surface area (Å²) in [5.41, 5.74) is 4.46. The van der Waals surface area contributed by atoms with Crippen molar-refractivity contribution in [2.75, 3.05) is 19.5 Å². The van der Waals surface area contributed by atoms with Crippen LogP contribution in [0.1, 0.15) is 42.7 Å². The van der Waals surface area contributed by atoms with Gasteiger partial charge in [0.25, 0.3) is 5.91 Å². The number of hydrogen-bond donors (Lipinski definition) is 2. The minimum absolute atomic E-state index is 0.0149. The van der Waals surface area contributed by atoms with E-state index in [0.29, 0.717) is 47.0 Å². The summed E-state index contributed by atoms with van der Waals surface area (Å²) in [5.74, 6) is 0.763. The molecule has 2 aromatic carbocycles. The van der Waals surface area contributed by atoms with Gasteiger partial charge in [-0.15, -0.1) is 0 Å². The predicted octanol–water partition coefficient (Wildman–Crippen LogP) is 5.10. The molecule has 0 saturated heterocycles. The zero-order chi connectivity index (χ0) is 25.9. The van der Waals surface area contributed by atoms with Crippen molar-refractivity contribution in [3.63, 3.8) is 0 Å². The van der Waals surface area contributed by atoms with E-state index in [4.69, 9.17) is 9.47 Å². The fourth-order valence-electron chi connectivity index (χ4n) is 5.29. The van der Waals surface area contributed by atoms with E-state index < -0.39 is 5.92 Å². The summed E-state index contributed by atoms with van der Waals surface area (Å²) in [7, 11) is 3.16. The molecule has 37 heavy (non-hydrogen) atoms. The van der Waals surface area contributed by atoms with Crippen LogP contribution in [0.5, 0.6) is 11.5 Å². The van der Waals surface area contributed by atoms with Crippen LogP contribution in [0.2, 0.25) is 0 Å². The van der Waals surface area contributed by atoms with Crippen LogP contribution in [0.4, 0.5) is 5.82 Å². The van der Waals surface area contributed by atoms with Crippen molar-refractivity contribution in [3.05, 3.63) is 107 Å². The number of ether oxygens (including phenoxy) is 2. The Kier molecular flexibility index (Phi) is 6.77. The van der Waals surface area contributed by atoms with Gasteiger partial charge < -0.3 is 20.1 Å². The quantitative estimate of drug-likeness (QED) is 0.495. The van der Waals surface area contributed by atoms with E-state index in [1.807, 2.05) is 43.3 Å². The molecule has 7 nitrogen and oxygen atoms in total. The van der Waals surface area contributed by atoms with E-state index >= 15 is 0 Å². The Morgan fingerprint density at radius 1 is 1.00 bits per heavy atom. The van der Waals surface area contributed by atoms with Crippen molar-refractivity contribution < 1.29 is 19.1 Å². The van der Waals surface area contributed by atoms with Gasteiger partial charge in [0.05, 0.1) is 20.1 Å². The van der Waals surface area contributed by atoms with Gasteiger partial charge >= 0.3 is 0 Å². The number of anilines is 1. The van der Waals surface area contributed by atoms with Gasteiger partial charge in [0.2, 0.25) is 0 Å². The first-order valence-corrected chi connectivity index (χ1v) is 12.2. The molecule has 0 unspecified atom stereocenters. The normalized spacial score (nSPS) is 19.2. The Balaban J connectivity index is 1.62. The monoisotopic (exact) mass is 495 g/mol. The lowest BCUT2D eigenvalue weighted by Gasteiger charge is -2.37. The number of benzene rings is 2. The number of pyridine rings is 1. The summed E-state index contributed by atoms with van der Waals surface area (Å²) < 4.78 is 11.1. The topological polar surface area (TPSA) is 89.5 Å². The molecule has 2 heterocycles. The number of nitrogens with zero attached hydrogens (tertiary/aromatic N) is 1. The van der Waals surface area contributed by atoms with Gasteiger partial charge in [0.15, 0.2) is 5.78 Å². The van der Waals surface area contributed by atoms with E-state index in [2.05, 4.69) is 27.8 Å². The van der Waals surface area contributed by atoms with E-state index in [9.17, 15) is 9.59 Å². The second-order valence-electron chi connectivity index (χ2n) is 9.20. The number of amides is 1. The third kappa shape index (κ3) is 4.72. The highest BCUT2D eigenvalue weighted by Crippen LogP contribution is 2.48. The van der Waals surface area contributed by atoms with Crippen molar-refractivity contribution in [2.24, 2.45) is 0 Å². The maximum Gasteiger partial charge on any atom is 0.255 e. The molecule has 0 spiro atoms. The van der Waals surface area contributed by atoms with Gasteiger partial charge in [-0.05, 0) is 43.0 Å². The summed E-state index contributed by atoms with van der Waals surface area (Å²) in [5, 5.41) is 6.32. The molecular weight excluding hydrogens is 466 g/mol. The van der Waals surface area contributed by atoms with Gasteiger partial charge in [-0.25, -0.2) is 4.98 Å². The van der Waals surface area contributed by atoms with Gasteiger partial charge in [-0.1, -0.05) is 42.5 Å². The second kappa shape index (κ2) is 10.3. The van der Waals surface area contributed by atoms with Gasteiger partial charge in [0, 0.05) is 46.8 Å². The molecule has 0 radical (unpaired) electrons. The molecule has 0 fully saturated rings. The number of carbonyl (C=O) groups is 2. The average molecular weight is 496 g/mol. The number of rotatable bonds is 6. The van der Waals surface area contributed by atoms with E-state index in [1.54, 1.807) is 38.6 Å². The number of dihydropyridines is 1. The Hall–Kier alpha value is -4.39. The number of Topliss-reactive ketones (excluding diaryl/α,β-unsaturated/α-hetero) is 1. The fourth-order valence-corrected chi connectivity index (χ4v) is 5.29. The molecule has 0 bridgehead atoms. The van der Waals surface area contributed by atoms with Crippen molar-refractivity contribution in [1.29, 1.82) is 0 Å². The molecule has 1 aliphatic heterocycles. The Bertz CT molecular complexity index is 1400. The maximum absolute atomic E-state index is 13.8. The third-order valence-electron chi connectivity index (χ3n) is 7.00. The van der Waals surface area contributed by atoms with Crippen LogP contribution in [-0.4, -0.2) is 30.9 Å². The largest absolute Gasteiger partial charge is 0.497 e. The van der Waals surface area contributed by atoms with Crippen LogP contribution in [0.25, 0.3) is 0 Å². The summed E-state index contributed by atoms with van der Waals surface area (Å²) in [6, 6.07) is 20.9. The third-order valence-corrected chi connectivity index (χ3v) is 7.00. The SMILES string of the molecule is COc1ccc([C@H]2C(C(=O)Nc3ccccn3)=C(C)NC3=C2C(=O)C[C@@H](c2ccccc2)C3)c(OC)c1. The molecule has 1 aliphatic carbocycles. The van der Waals surface area contributed by atoms with Crippen LogP contribution >= 0.6 is 0 Å². The first-order valence-electron chi connectivity index (χ1n) is 12.2. The van der Waals surface area contributed by atoms with Gasteiger partial charge in [0.1, 0.15) is 17.3 Å². The van der Waals surface area contributed by atoms with Gasteiger partial charge in [-0.2, -0.15) is 0 Å². The highest BCUT2D eigenvalue weighted by atomic mass is 16.5. The van der Waals surface area contributed by atoms with Crippen molar-refractivity contribution in [2.45, 2.75) is 31.6 Å². The lowest BCUT2D eigenvalue weighted by atomic mass is 9.71. The van der Waals surface area contributed by atoms with E-state index in [-0.39, 0.29) is 17.6 Å². The van der Waals surface area contributed by atoms with Crippen molar-refractivity contribution in [1.82, 2.24) is 10.3 Å². The Labute approximate surface area is 216 Å². The molecule has 2 aliphatic rings.